The summed E-state index contributed by atoms with van der Waals surface area (Å²) in [6.07, 6.45) is 8.63. The van der Waals surface area contributed by atoms with Crippen LogP contribution in [-0.4, -0.2) is 19.6 Å². The summed E-state index contributed by atoms with van der Waals surface area (Å²) in [7, 11) is 0. The zero-order valence-electron chi connectivity index (χ0n) is 12.9. The van der Waals surface area contributed by atoms with E-state index in [1.54, 1.807) is 11.5 Å². The van der Waals surface area contributed by atoms with E-state index in [1.165, 1.54) is 39.4 Å². The van der Waals surface area contributed by atoms with Crippen molar-refractivity contribution in [1.29, 1.82) is 0 Å². The molecule has 0 saturated heterocycles. The SMILES string of the molecule is Cc1[nH]ncc1-c1nc2ccc3sncc3c2c2c1CCCC2. The third-order valence-corrected chi connectivity index (χ3v) is 5.65. The summed E-state index contributed by atoms with van der Waals surface area (Å²) in [5.74, 6) is 0. The van der Waals surface area contributed by atoms with Gasteiger partial charge in [0.2, 0.25) is 0 Å². The molecule has 0 amide bonds. The van der Waals surface area contributed by atoms with Crippen LogP contribution in [0, 0.1) is 6.92 Å². The lowest BCUT2D eigenvalue weighted by Crippen LogP contribution is -2.08. The van der Waals surface area contributed by atoms with Crippen LogP contribution in [0.3, 0.4) is 0 Å². The maximum absolute atomic E-state index is 5.04. The number of fused-ring (bicyclic) bond motifs is 5. The Hall–Kier alpha value is -2.27. The van der Waals surface area contributed by atoms with E-state index < -0.39 is 0 Å². The number of aromatic nitrogens is 4. The van der Waals surface area contributed by atoms with Gasteiger partial charge in [0.15, 0.2) is 0 Å². The highest BCUT2D eigenvalue weighted by Crippen LogP contribution is 2.39. The van der Waals surface area contributed by atoms with Crippen molar-refractivity contribution in [3.8, 4) is 11.3 Å². The van der Waals surface area contributed by atoms with E-state index in [9.17, 15) is 0 Å². The number of benzene rings is 1. The monoisotopic (exact) mass is 320 g/mol. The molecule has 0 fully saturated rings. The predicted molar refractivity (Wildman–Crippen MR) is 93.9 cm³/mol. The first-order chi connectivity index (χ1) is 11.3. The second-order valence-electron chi connectivity index (χ2n) is 6.23. The molecule has 0 unspecified atom stereocenters. The predicted octanol–water partition coefficient (Wildman–Crippen LogP) is 4.42. The Bertz CT molecular complexity index is 1040. The standard InChI is InChI=1S/C18H16N4S/c1-10-13(8-19-22-10)18-12-5-3-2-4-11(12)17-14-9-20-23-16(14)7-6-15(17)21-18/h6-9H,2-5H2,1H3,(H,19,22). The third kappa shape index (κ3) is 1.86. The molecule has 0 spiro atoms. The molecular formula is C18H16N4S. The molecule has 3 aromatic heterocycles. The quantitative estimate of drug-likeness (QED) is 0.565. The van der Waals surface area contributed by atoms with Gasteiger partial charge in [0.1, 0.15) is 0 Å². The summed E-state index contributed by atoms with van der Waals surface area (Å²) in [5.41, 5.74) is 7.29. The van der Waals surface area contributed by atoms with Crippen LogP contribution in [0.15, 0.2) is 24.5 Å². The van der Waals surface area contributed by atoms with Gasteiger partial charge >= 0.3 is 0 Å². The zero-order chi connectivity index (χ0) is 15.4. The van der Waals surface area contributed by atoms with Gasteiger partial charge in [-0.15, -0.1) is 0 Å². The van der Waals surface area contributed by atoms with Crippen molar-refractivity contribution in [2.75, 3.05) is 0 Å². The van der Waals surface area contributed by atoms with Crippen molar-refractivity contribution in [1.82, 2.24) is 19.6 Å². The Morgan fingerprint density at radius 1 is 1.09 bits per heavy atom. The molecule has 0 aliphatic heterocycles. The largest absolute Gasteiger partial charge is 0.282 e. The number of aromatic amines is 1. The fraction of sp³-hybridized carbons (Fsp3) is 0.278. The summed E-state index contributed by atoms with van der Waals surface area (Å²) in [4.78, 5) is 5.04. The van der Waals surface area contributed by atoms with Gasteiger partial charge < -0.3 is 0 Å². The molecule has 3 heterocycles. The Morgan fingerprint density at radius 3 is 2.78 bits per heavy atom. The van der Waals surface area contributed by atoms with Crippen molar-refractivity contribution >= 4 is 32.5 Å². The van der Waals surface area contributed by atoms with E-state index in [1.807, 2.05) is 12.4 Å². The van der Waals surface area contributed by atoms with Gasteiger partial charge in [0.25, 0.3) is 0 Å². The van der Waals surface area contributed by atoms with E-state index >= 15 is 0 Å². The molecular weight excluding hydrogens is 304 g/mol. The number of nitrogens with one attached hydrogen (secondary N) is 1. The molecule has 114 valence electrons. The van der Waals surface area contributed by atoms with Crippen molar-refractivity contribution in [3.63, 3.8) is 0 Å². The summed E-state index contributed by atoms with van der Waals surface area (Å²) >= 11 is 1.56. The molecule has 1 aromatic carbocycles. The molecule has 0 atom stereocenters. The molecule has 5 heteroatoms. The van der Waals surface area contributed by atoms with Crippen molar-refractivity contribution < 1.29 is 0 Å². The van der Waals surface area contributed by atoms with Crippen LogP contribution >= 0.6 is 11.5 Å². The first-order valence-electron chi connectivity index (χ1n) is 8.02. The van der Waals surface area contributed by atoms with Crippen LogP contribution in [0.1, 0.15) is 29.7 Å². The highest BCUT2D eigenvalue weighted by Gasteiger charge is 2.22. The molecule has 1 N–H and O–H groups in total. The molecule has 0 radical (unpaired) electrons. The number of pyridine rings is 1. The van der Waals surface area contributed by atoms with E-state index in [2.05, 4.69) is 33.6 Å². The van der Waals surface area contributed by atoms with Gasteiger partial charge in [-0.25, -0.2) is 4.98 Å². The van der Waals surface area contributed by atoms with Crippen LogP contribution < -0.4 is 0 Å². The minimum Gasteiger partial charge on any atom is -0.282 e. The molecule has 4 nitrogen and oxygen atoms in total. The maximum atomic E-state index is 5.04. The number of rotatable bonds is 1. The summed E-state index contributed by atoms with van der Waals surface area (Å²) in [6, 6.07) is 4.28. The highest BCUT2D eigenvalue weighted by atomic mass is 32.1. The minimum atomic E-state index is 1.08. The lowest BCUT2D eigenvalue weighted by Gasteiger charge is -2.21. The molecule has 0 bridgehead atoms. The van der Waals surface area contributed by atoms with E-state index in [-0.39, 0.29) is 0 Å². The average molecular weight is 320 g/mol. The van der Waals surface area contributed by atoms with Gasteiger partial charge in [0.05, 0.1) is 22.1 Å². The second kappa shape index (κ2) is 4.86. The molecule has 5 rings (SSSR count). The van der Waals surface area contributed by atoms with Gasteiger partial charge in [0, 0.05) is 28.2 Å². The number of nitrogens with zero attached hydrogens (tertiary/aromatic N) is 3. The Morgan fingerprint density at radius 2 is 1.96 bits per heavy atom. The number of H-pyrrole nitrogens is 1. The lowest BCUT2D eigenvalue weighted by molar-refractivity contribution is 0.689. The third-order valence-electron chi connectivity index (χ3n) is 4.89. The van der Waals surface area contributed by atoms with E-state index in [4.69, 9.17) is 4.98 Å². The number of hydrogen-bond acceptors (Lipinski definition) is 4. The Labute approximate surface area is 137 Å². The fourth-order valence-electron chi connectivity index (χ4n) is 3.79. The van der Waals surface area contributed by atoms with Crippen LogP contribution in [0.2, 0.25) is 0 Å². The smallest absolute Gasteiger partial charge is 0.0778 e. The lowest BCUT2D eigenvalue weighted by atomic mass is 9.85. The molecule has 0 saturated carbocycles. The van der Waals surface area contributed by atoms with Crippen LogP contribution in [0.4, 0.5) is 0 Å². The fourth-order valence-corrected chi connectivity index (χ4v) is 4.44. The molecule has 4 aromatic rings. The topological polar surface area (TPSA) is 54.5 Å². The summed E-state index contributed by atoms with van der Waals surface area (Å²) in [5, 5.41) is 9.82. The molecule has 1 aliphatic carbocycles. The highest BCUT2D eigenvalue weighted by molar-refractivity contribution is 7.13. The van der Waals surface area contributed by atoms with Gasteiger partial charge in [-0.1, -0.05) is 0 Å². The summed E-state index contributed by atoms with van der Waals surface area (Å²) < 4.78 is 5.64. The first kappa shape index (κ1) is 13.2. The Balaban J connectivity index is 1.94. The Kier molecular flexibility index (Phi) is 2.79. The number of aryl methyl sites for hydroxylation is 2. The van der Waals surface area contributed by atoms with Crippen molar-refractivity contribution in [2.24, 2.45) is 0 Å². The second-order valence-corrected chi connectivity index (χ2v) is 7.06. The van der Waals surface area contributed by atoms with Crippen LogP contribution in [-0.2, 0) is 12.8 Å². The van der Waals surface area contributed by atoms with Gasteiger partial charge in [-0.2, -0.15) is 9.47 Å². The summed E-state index contributed by atoms with van der Waals surface area (Å²) in [6.45, 7) is 2.06. The first-order valence-corrected chi connectivity index (χ1v) is 8.79. The average Bonchev–Trinajstić information content (AvgIpc) is 3.22. The minimum absolute atomic E-state index is 1.08. The van der Waals surface area contributed by atoms with Crippen molar-refractivity contribution in [3.05, 3.63) is 41.3 Å². The van der Waals surface area contributed by atoms with Gasteiger partial charge in [-0.3, -0.25) is 5.10 Å². The van der Waals surface area contributed by atoms with Crippen molar-refractivity contribution in [2.45, 2.75) is 32.6 Å². The maximum Gasteiger partial charge on any atom is 0.0778 e. The van der Waals surface area contributed by atoms with Crippen LogP contribution in [0.5, 0.6) is 0 Å². The number of hydrogen-bond donors (Lipinski definition) is 1. The van der Waals surface area contributed by atoms with Gasteiger partial charge in [-0.05, 0) is 67.4 Å². The zero-order valence-corrected chi connectivity index (χ0v) is 13.7. The molecule has 1 aliphatic rings. The van der Waals surface area contributed by atoms with E-state index in [0.717, 1.165) is 35.3 Å². The normalized spacial score (nSPS) is 14.5. The van der Waals surface area contributed by atoms with E-state index in [0.29, 0.717) is 0 Å². The molecule has 23 heavy (non-hydrogen) atoms. The van der Waals surface area contributed by atoms with Crippen LogP contribution in [0.25, 0.3) is 32.2 Å².